The van der Waals surface area contributed by atoms with Gasteiger partial charge < -0.3 is 5.11 Å². The molecule has 0 amide bonds. The number of hydrogen-bond acceptors (Lipinski definition) is 1. The first-order chi connectivity index (χ1) is 8.16. The Labute approximate surface area is 109 Å². The van der Waals surface area contributed by atoms with Crippen molar-refractivity contribution in [3.8, 4) is 0 Å². The number of fused-ring (bicyclic) bond motifs is 1. The highest BCUT2D eigenvalue weighted by atomic mass is 79.9. The van der Waals surface area contributed by atoms with E-state index in [-0.39, 0.29) is 11.9 Å². The molecule has 3 rings (SSSR count). The molecule has 3 unspecified atom stereocenters. The minimum atomic E-state index is -0.248. The van der Waals surface area contributed by atoms with E-state index >= 15 is 0 Å². The number of benzene rings is 1. The maximum Gasteiger partial charge on any atom is 0.137 e. The minimum Gasteiger partial charge on any atom is -0.392 e. The predicted octanol–water partition coefficient (Wildman–Crippen LogP) is 3.54. The molecule has 1 nitrogen and oxygen atoms in total. The highest BCUT2D eigenvalue weighted by molar-refractivity contribution is 9.10. The second kappa shape index (κ2) is 4.36. The van der Waals surface area contributed by atoms with Gasteiger partial charge in [-0.25, -0.2) is 4.39 Å². The van der Waals surface area contributed by atoms with Crippen molar-refractivity contribution in [2.75, 3.05) is 0 Å². The molecule has 92 valence electrons. The molecule has 0 radical (unpaired) electrons. The van der Waals surface area contributed by atoms with Crippen LogP contribution in [-0.2, 0) is 6.42 Å². The molecule has 2 fully saturated rings. The molecule has 0 saturated heterocycles. The average molecular weight is 299 g/mol. The van der Waals surface area contributed by atoms with Gasteiger partial charge >= 0.3 is 0 Å². The standard InChI is InChI=1S/C14H16BrFO/c15-11-6-8(4-5-12(11)16)7-13(17)14-9-2-1-3-10(9)14/h4-6,9-10,13-14,17H,1-3,7H2. The predicted molar refractivity (Wildman–Crippen MR) is 68.1 cm³/mol. The van der Waals surface area contributed by atoms with E-state index in [0.29, 0.717) is 16.8 Å². The summed E-state index contributed by atoms with van der Waals surface area (Å²) in [6, 6.07) is 5.00. The lowest BCUT2D eigenvalue weighted by Gasteiger charge is -2.13. The number of halogens is 2. The van der Waals surface area contributed by atoms with E-state index in [4.69, 9.17) is 0 Å². The third kappa shape index (κ3) is 2.15. The molecule has 3 atom stereocenters. The van der Waals surface area contributed by atoms with E-state index in [9.17, 15) is 9.50 Å². The lowest BCUT2D eigenvalue weighted by atomic mass is 10.00. The first-order valence-electron chi connectivity index (χ1n) is 6.29. The maximum absolute atomic E-state index is 13.1. The van der Waals surface area contributed by atoms with E-state index in [1.807, 2.05) is 0 Å². The van der Waals surface area contributed by atoms with Crippen molar-refractivity contribution in [2.45, 2.75) is 31.8 Å². The van der Waals surface area contributed by atoms with Crippen molar-refractivity contribution in [3.05, 3.63) is 34.1 Å². The summed E-state index contributed by atoms with van der Waals surface area (Å²) in [4.78, 5) is 0. The van der Waals surface area contributed by atoms with Crippen LogP contribution in [0.25, 0.3) is 0 Å². The highest BCUT2D eigenvalue weighted by Gasteiger charge is 2.55. The molecule has 1 aromatic rings. The molecule has 2 aliphatic rings. The summed E-state index contributed by atoms with van der Waals surface area (Å²) in [7, 11) is 0. The molecule has 0 aromatic heterocycles. The largest absolute Gasteiger partial charge is 0.392 e. The Balaban J connectivity index is 1.64. The van der Waals surface area contributed by atoms with Gasteiger partial charge in [-0.15, -0.1) is 0 Å². The van der Waals surface area contributed by atoms with E-state index in [0.717, 1.165) is 17.4 Å². The molecule has 1 N–H and O–H groups in total. The summed E-state index contributed by atoms with van der Waals surface area (Å²) in [5.41, 5.74) is 1.01. The molecule has 3 heteroatoms. The molecule has 0 spiro atoms. The van der Waals surface area contributed by atoms with Crippen LogP contribution in [-0.4, -0.2) is 11.2 Å². The summed E-state index contributed by atoms with van der Waals surface area (Å²) in [6.07, 6.45) is 4.32. The average Bonchev–Trinajstić information content (AvgIpc) is 2.78. The van der Waals surface area contributed by atoms with Crippen LogP contribution in [0.5, 0.6) is 0 Å². The first-order valence-corrected chi connectivity index (χ1v) is 7.08. The van der Waals surface area contributed by atoms with Gasteiger partial charge in [0.15, 0.2) is 0 Å². The van der Waals surface area contributed by atoms with Gasteiger partial charge in [0.2, 0.25) is 0 Å². The smallest absolute Gasteiger partial charge is 0.137 e. The van der Waals surface area contributed by atoms with Crippen LogP contribution < -0.4 is 0 Å². The zero-order chi connectivity index (χ0) is 12.0. The second-order valence-corrected chi connectivity index (χ2v) is 6.21. The monoisotopic (exact) mass is 298 g/mol. The number of aliphatic hydroxyl groups excluding tert-OH is 1. The molecule has 2 aliphatic carbocycles. The fourth-order valence-electron chi connectivity index (χ4n) is 3.49. The van der Waals surface area contributed by atoms with Crippen molar-refractivity contribution >= 4 is 15.9 Å². The molecular weight excluding hydrogens is 283 g/mol. The van der Waals surface area contributed by atoms with Crippen LogP contribution in [0.1, 0.15) is 24.8 Å². The van der Waals surface area contributed by atoms with Gasteiger partial charge in [-0.05, 0) is 70.6 Å². The van der Waals surface area contributed by atoms with Crippen LogP contribution in [0, 0.1) is 23.6 Å². The van der Waals surface area contributed by atoms with Crippen molar-refractivity contribution in [2.24, 2.45) is 17.8 Å². The molecule has 17 heavy (non-hydrogen) atoms. The van der Waals surface area contributed by atoms with Gasteiger partial charge in [0.05, 0.1) is 10.6 Å². The minimum absolute atomic E-state index is 0.244. The third-order valence-electron chi connectivity index (χ3n) is 4.35. The second-order valence-electron chi connectivity index (χ2n) is 5.36. The lowest BCUT2D eigenvalue weighted by molar-refractivity contribution is 0.135. The summed E-state index contributed by atoms with van der Waals surface area (Å²) in [6.45, 7) is 0. The summed E-state index contributed by atoms with van der Waals surface area (Å²) in [5.74, 6) is 1.81. The Morgan fingerprint density at radius 1 is 1.35 bits per heavy atom. The van der Waals surface area contributed by atoms with Crippen LogP contribution in [0.3, 0.4) is 0 Å². The van der Waals surface area contributed by atoms with E-state index < -0.39 is 0 Å². The molecular formula is C14H16BrFO. The van der Waals surface area contributed by atoms with Crippen molar-refractivity contribution in [3.63, 3.8) is 0 Å². The maximum atomic E-state index is 13.1. The summed E-state index contributed by atoms with van der Waals surface area (Å²) in [5, 5.41) is 10.2. The van der Waals surface area contributed by atoms with Crippen molar-refractivity contribution in [1.82, 2.24) is 0 Å². The van der Waals surface area contributed by atoms with Crippen molar-refractivity contribution < 1.29 is 9.50 Å². The molecule has 2 saturated carbocycles. The summed E-state index contributed by atoms with van der Waals surface area (Å²) >= 11 is 3.18. The quantitative estimate of drug-likeness (QED) is 0.905. The topological polar surface area (TPSA) is 20.2 Å². The SMILES string of the molecule is OC(Cc1ccc(F)c(Br)c1)C1C2CCCC21. The zero-order valence-corrected chi connectivity index (χ0v) is 11.2. The molecule has 0 aliphatic heterocycles. The van der Waals surface area contributed by atoms with E-state index in [1.165, 1.54) is 25.3 Å². The Kier molecular flexibility index (Phi) is 2.99. The van der Waals surface area contributed by atoms with Crippen LogP contribution in [0.15, 0.2) is 22.7 Å². The van der Waals surface area contributed by atoms with Gasteiger partial charge in [0.25, 0.3) is 0 Å². The van der Waals surface area contributed by atoms with Gasteiger partial charge in [-0.2, -0.15) is 0 Å². The van der Waals surface area contributed by atoms with Crippen LogP contribution in [0.4, 0.5) is 4.39 Å². The zero-order valence-electron chi connectivity index (χ0n) is 9.57. The highest BCUT2D eigenvalue weighted by Crippen LogP contribution is 2.59. The molecule has 1 aromatic carbocycles. The van der Waals surface area contributed by atoms with E-state index in [2.05, 4.69) is 15.9 Å². The normalized spacial score (nSPS) is 32.3. The van der Waals surface area contributed by atoms with Gasteiger partial charge in [-0.1, -0.05) is 12.5 Å². The number of aliphatic hydroxyl groups is 1. The van der Waals surface area contributed by atoms with Gasteiger partial charge in [-0.3, -0.25) is 0 Å². The number of rotatable bonds is 3. The fraction of sp³-hybridized carbons (Fsp3) is 0.571. The Morgan fingerprint density at radius 2 is 2.06 bits per heavy atom. The van der Waals surface area contributed by atoms with E-state index in [1.54, 1.807) is 12.1 Å². The molecule has 0 heterocycles. The third-order valence-corrected chi connectivity index (χ3v) is 4.95. The summed E-state index contributed by atoms with van der Waals surface area (Å²) < 4.78 is 13.6. The van der Waals surface area contributed by atoms with Crippen LogP contribution >= 0.6 is 15.9 Å². The molecule has 0 bridgehead atoms. The van der Waals surface area contributed by atoms with Gasteiger partial charge in [0, 0.05) is 0 Å². The number of hydrogen-bond donors (Lipinski definition) is 1. The van der Waals surface area contributed by atoms with Crippen molar-refractivity contribution in [1.29, 1.82) is 0 Å². The first kappa shape index (κ1) is 11.7. The Morgan fingerprint density at radius 3 is 2.71 bits per heavy atom. The lowest BCUT2D eigenvalue weighted by Crippen LogP contribution is -2.16. The fourth-order valence-corrected chi connectivity index (χ4v) is 3.92. The van der Waals surface area contributed by atoms with Gasteiger partial charge in [0.1, 0.15) is 5.82 Å². The van der Waals surface area contributed by atoms with Crippen LogP contribution in [0.2, 0.25) is 0 Å². The Hall–Kier alpha value is -0.410. The Bertz CT molecular complexity index is 424.